The number of methoxy groups -OCH3 is 2. The molecule has 1 N–H and O–H groups in total. The van der Waals surface area contributed by atoms with Gasteiger partial charge >= 0.3 is 176 Å². The fourth-order valence-electron chi connectivity index (χ4n) is 4.72. The number of hydrogen-bond donors (Lipinski definition) is 1. The van der Waals surface area contributed by atoms with E-state index in [1.165, 1.54) is 29.5 Å². The molecule has 3 aliphatic heterocycles. The Kier molecular flexibility index (Phi) is 4.47. The molecule has 3 aliphatic rings. The Morgan fingerprint density at radius 3 is 2.46 bits per heavy atom. The van der Waals surface area contributed by atoms with Crippen LogP contribution in [0.4, 0.5) is 4.79 Å². The summed E-state index contributed by atoms with van der Waals surface area (Å²) in [5.74, 6) is 1.44. The predicted molar refractivity (Wildman–Crippen MR) is 111 cm³/mol. The molecule has 0 aliphatic carbocycles. The van der Waals surface area contributed by atoms with E-state index in [0.29, 0.717) is 0 Å². The SMILES string of the molecule is COc1cc(C[C]2=Cc3c4ccc[c]3[In]2[CH]4C2SC(=O)NC2=O)cc(OC)c1. The monoisotopic (exact) mass is 495 g/mol. The molecular weight excluding hydrogens is 477 g/mol. The average molecular weight is 495 g/mol. The minimum absolute atomic E-state index is 0.126. The van der Waals surface area contributed by atoms with Crippen LogP contribution in [0.1, 0.15) is 20.4 Å². The third kappa shape index (κ3) is 2.78. The van der Waals surface area contributed by atoms with Gasteiger partial charge in [-0.3, -0.25) is 0 Å². The molecule has 5 rings (SSSR count). The fraction of sp³-hybridized carbons (Fsp3) is 0.238. The van der Waals surface area contributed by atoms with E-state index >= 15 is 0 Å². The van der Waals surface area contributed by atoms with Gasteiger partial charge in [0.25, 0.3) is 0 Å². The van der Waals surface area contributed by atoms with E-state index in [2.05, 4.69) is 29.6 Å². The van der Waals surface area contributed by atoms with E-state index in [4.69, 9.17) is 9.47 Å². The van der Waals surface area contributed by atoms with Crippen LogP contribution < -0.4 is 18.1 Å². The van der Waals surface area contributed by atoms with Crippen LogP contribution >= 0.6 is 11.8 Å². The Bertz CT molecular complexity index is 1030. The van der Waals surface area contributed by atoms with Gasteiger partial charge in [0.1, 0.15) is 0 Å². The van der Waals surface area contributed by atoms with Crippen molar-refractivity contribution in [3.8, 4) is 11.5 Å². The van der Waals surface area contributed by atoms with Crippen LogP contribution in [0.5, 0.6) is 11.5 Å². The van der Waals surface area contributed by atoms with Crippen LogP contribution in [0.2, 0.25) is 0 Å². The maximum atomic E-state index is 12.4. The summed E-state index contributed by atoms with van der Waals surface area (Å²) in [6, 6.07) is 12.4. The zero-order valence-electron chi connectivity index (χ0n) is 15.5. The molecule has 0 aromatic heterocycles. The van der Waals surface area contributed by atoms with Crippen LogP contribution in [0, 0.1) is 0 Å². The van der Waals surface area contributed by atoms with Crippen molar-refractivity contribution in [3.05, 3.63) is 56.4 Å². The zero-order valence-corrected chi connectivity index (χ0v) is 19.6. The molecule has 2 atom stereocenters. The number of benzene rings is 2. The van der Waals surface area contributed by atoms with Gasteiger partial charge in [-0.1, -0.05) is 0 Å². The van der Waals surface area contributed by atoms with E-state index in [1.54, 1.807) is 14.2 Å². The van der Waals surface area contributed by atoms with Crippen molar-refractivity contribution in [3.63, 3.8) is 0 Å². The van der Waals surface area contributed by atoms with Gasteiger partial charge in [-0.2, -0.15) is 0 Å². The zero-order chi connectivity index (χ0) is 19.4. The molecule has 0 radical (unpaired) electrons. The second kappa shape index (κ2) is 6.88. The van der Waals surface area contributed by atoms with Gasteiger partial charge in [-0.25, -0.2) is 0 Å². The summed E-state index contributed by atoms with van der Waals surface area (Å²) < 4.78 is 14.0. The molecule has 28 heavy (non-hydrogen) atoms. The topological polar surface area (TPSA) is 64.6 Å². The van der Waals surface area contributed by atoms with Crippen LogP contribution in [0.15, 0.2) is 39.7 Å². The van der Waals surface area contributed by atoms with E-state index < -0.39 is 21.4 Å². The number of carbonyl (C=O) groups is 2. The van der Waals surface area contributed by atoms with Gasteiger partial charge in [0.2, 0.25) is 0 Å². The van der Waals surface area contributed by atoms with Gasteiger partial charge in [-0.05, 0) is 0 Å². The second-order valence-electron chi connectivity index (χ2n) is 7.29. The van der Waals surface area contributed by atoms with Crippen molar-refractivity contribution in [1.29, 1.82) is 0 Å². The number of allylic oxidation sites excluding steroid dienone is 1. The van der Waals surface area contributed by atoms with E-state index in [1.807, 2.05) is 18.2 Å². The molecule has 2 unspecified atom stereocenters. The number of imide groups is 1. The van der Waals surface area contributed by atoms with E-state index in [9.17, 15) is 9.59 Å². The fourth-order valence-corrected chi connectivity index (χ4v) is 19.1. The van der Waals surface area contributed by atoms with Gasteiger partial charge < -0.3 is 0 Å². The number of ether oxygens (including phenoxy) is 2. The molecule has 5 nitrogen and oxygen atoms in total. The first-order chi connectivity index (χ1) is 13.6. The molecule has 0 spiro atoms. The van der Waals surface area contributed by atoms with Gasteiger partial charge in [0, 0.05) is 0 Å². The number of carbonyl (C=O) groups excluding carboxylic acids is 2. The standard InChI is InChI=1S/C21H18NO4S.In/c1-25-17-10-14(11-18(13-17)26-2)6-5-9-15-7-3-4-8-16(15)12-19-20(23)22-21(24)27-19;/h3-4,8-13,19H,6H2,1-2H3,(H,22,23,24);. The number of rotatable bonds is 5. The quantitative estimate of drug-likeness (QED) is 0.692. The minimum atomic E-state index is -2.48. The molecule has 2 aromatic rings. The van der Waals surface area contributed by atoms with Crippen molar-refractivity contribution in [1.82, 2.24) is 5.32 Å². The summed E-state index contributed by atoms with van der Waals surface area (Å²) in [4.78, 5) is 24.2. The Hall–Kier alpha value is -1.86. The van der Waals surface area contributed by atoms with E-state index in [-0.39, 0.29) is 20.1 Å². The summed E-state index contributed by atoms with van der Waals surface area (Å²) in [5, 5.41) is 1.98. The number of amides is 2. The molecular formula is C21H18InNO4S. The van der Waals surface area contributed by atoms with Crippen LogP contribution in [0.25, 0.3) is 6.08 Å². The second-order valence-corrected chi connectivity index (χ2v) is 17.1. The molecule has 140 valence electrons. The number of nitrogens with one attached hydrogen (secondary N) is 1. The summed E-state index contributed by atoms with van der Waals surface area (Å²) in [7, 11) is 3.31. The summed E-state index contributed by atoms with van der Waals surface area (Å²) in [5.41, 5.74) is 3.73. The first kappa shape index (κ1) is 18.2. The number of hydrogen-bond acceptors (Lipinski definition) is 5. The van der Waals surface area contributed by atoms with Crippen LogP contribution in [0.3, 0.4) is 0 Å². The summed E-state index contributed by atoms with van der Waals surface area (Å²) in [6.07, 6.45) is 3.18. The van der Waals surface area contributed by atoms with E-state index in [0.717, 1.165) is 23.5 Å². The van der Waals surface area contributed by atoms with Crippen LogP contribution in [-0.2, 0) is 11.2 Å². The number of thioether (sulfide) groups is 1. The van der Waals surface area contributed by atoms with Crippen molar-refractivity contribution in [2.75, 3.05) is 14.2 Å². The molecule has 2 amide bonds. The van der Waals surface area contributed by atoms with Gasteiger partial charge in [-0.15, -0.1) is 0 Å². The predicted octanol–water partition coefficient (Wildman–Crippen LogP) is 2.57. The summed E-state index contributed by atoms with van der Waals surface area (Å²) >= 11 is -1.31. The molecule has 1 saturated heterocycles. The average Bonchev–Trinajstić information content (AvgIpc) is 3.26. The molecule has 7 heteroatoms. The summed E-state index contributed by atoms with van der Waals surface area (Å²) in [6.45, 7) is 0. The van der Waals surface area contributed by atoms with Crippen LogP contribution in [-0.4, -0.2) is 52.1 Å². The Morgan fingerprint density at radius 2 is 1.86 bits per heavy atom. The van der Waals surface area contributed by atoms with Gasteiger partial charge in [0.15, 0.2) is 0 Å². The van der Waals surface area contributed by atoms with Crippen molar-refractivity contribution >= 4 is 53.7 Å². The first-order valence-corrected chi connectivity index (χ1v) is 15.2. The Labute approximate surface area is 175 Å². The maximum absolute atomic E-state index is 12.4. The molecule has 4 bridgehead atoms. The Balaban J connectivity index is 1.50. The molecule has 3 heterocycles. The third-order valence-corrected chi connectivity index (χ3v) is 18.6. The normalized spacial score (nSPS) is 21.8. The molecule has 0 saturated carbocycles. The Morgan fingerprint density at radius 1 is 1.11 bits per heavy atom. The van der Waals surface area contributed by atoms with Crippen molar-refractivity contribution in [2.45, 2.75) is 15.3 Å². The van der Waals surface area contributed by atoms with Crippen molar-refractivity contribution in [2.24, 2.45) is 0 Å². The van der Waals surface area contributed by atoms with Gasteiger partial charge in [0.05, 0.1) is 0 Å². The third-order valence-electron chi connectivity index (χ3n) is 5.82. The first-order valence-electron chi connectivity index (χ1n) is 9.15. The van der Waals surface area contributed by atoms with Crippen molar-refractivity contribution < 1.29 is 19.1 Å². The molecule has 1 fully saturated rings. The molecule has 2 aromatic carbocycles.